The lowest BCUT2D eigenvalue weighted by molar-refractivity contribution is -0.137. The Morgan fingerprint density at radius 1 is 1.31 bits per heavy atom. The number of benzene rings is 1. The molecule has 16 heavy (non-hydrogen) atoms. The Balaban J connectivity index is 2.82. The molecule has 4 nitrogen and oxygen atoms in total. The van der Waals surface area contributed by atoms with Crippen LogP contribution in [0.25, 0.3) is 0 Å². The molecule has 0 radical (unpaired) electrons. The summed E-state index contributed by atoms with van der Waals surface area (Å²) in [5, 5.41) is 9.18. The van der Waals surface area contributed by atoms with Crippen LogP contribution in [0.15, 0.2) is 24.3 Å². The molecule has 0 spiro atoms. The summed E-state index contributed by atoms with van der Waals surface area (Å²) in [6.07, 6.45) is 0. The minimum atomic E-state index is -1.02. The van der Waals surface area contributed by atoms with Gasteiger partial charge in [0.2, 0.25) is 0 Å². The van der Waals surface area contributed by atoms with Gasteiger partial charge in [-0.2, -0.15) is 0 Å². The number of nitrogens with zero attached hydrogens (tertiary/aromatic N) is 1. The molecule has 5 heteroatoms. The molecule has 0 aliphatic heterocycles. The van der Waals surface area contributed by atoms with E-state index in [2.05, 4.69) is 0 Å². The first kappa shape index (κ1) is 12.5. The fraction of sp³-hybridized carbons (Fsp3) is 0.273. The maximum Gasteiger partial charge on any atom is 0.323 e. The summed E-state index contributed by atoms with van der Waals surface area (Å²) in [5.41, 5.74) is 0.438. The molecule has 86 valence electrons. The Hall–Kier alpha value is -1.55. The van der Waals surface area contributed by atoms with Gasteiger partial charge >= 0.3 is 5.97 Å². The van der Waals surface area contributed by atoms with Crippen molar-refractivity contribution in [1.82, 2.24) is 4.90 Å². The highest BCUT2D eigenvalue weighted by Gasteiger charge is 2.16. The fourth-order valence-electron chi connectivity index (χ4n) is 1.27. The predicted molar refractivity (Wildman–Crippen MR) is 60.7 cm³/mol. The zero-order valence-corrected chi connectivity index (χ0v) is 9.57. The Morgan fingerprint density at radius 2 is 1.88 bits per heavy atom. The quantitative estimate of drug-likeness (QED) is 0.876. The van der Waals surface area contributed by atoms with Gasteiger partial charge in [-0.1, -0.05) is 11.6 Å². The van der Waals surface area contributed by atoms with Crippen LogP contribution in [0, 0.1) is 0 Å². The van der Waals surface area contributed by atoms with Crippen LogP contribution in [0.4, 0.5) is 0 Å². The molecule has 0 aromatic heterocycles. The van der Waals surface area contributed by atoms with Crippen molar-refractivity contribution in [2.75, 3.05) is 13.1 Å². The third-order valence-electron chi connectivity index (χ3n) is 2.09. The van der Waals surface area contributed by atoms with Gasteiger partial charge in [0.15, 0.2) is 0 Å². The number of aliphatic carboxylic acids is 1. The highest BCUT2D eigenvalue weighted by atomic mass is 35.5. The van der Waals surface area contributed by atoms with Crippen molar-refractivity contribution in [1.29, 1.82) is 0 Å². The number of carbonyl (C=O) groups is 2. The molecule has 0 aliphatic carbocycles. The molecule has 0 atom stereocenters. The molecule has 0 saturated heterocycles. The van der Waals surface area contributed by atoms with Gasteiger partial charge in [-0.15, -0.1) is 0 Å². The first-order valence-corrected chi connectivity index (χ1v) is 5.19. The zero-order chi connectivity index (χ0) is 12.1. The summed E-state index contributed by atoms with van der Waals surface area (Å²) in [4.78, 5) is 23.6. The first-order valence-electron chi connectivity index (χ1n) is 4.81. The number of halogens is 1. The summed E-state index contributed by atoms with van der Waals surface area (Å²) in [6, 6.07) is 6.36. The average Bonchev–Trinajstić information content (AvgIpc) is 2.25. The summed E-state index contributed by atoms with van der Waals surface area (Å²) >= 11 is 5.70. The van der Waals surface area contributed by atoms with E-state index >= 15 is 0 Å². The maximum absolute atomic E-state index is 11.8. The van der Waals surface area contributed by atoms with Crippen LogP contribution < -0.4 is 0 Å². The second-order valence-corrected chi connectivity index (χ2v) is 3.66. The molecular formula is C11H12ClNO3. The summed E-state index contributed by atoms with van der Waals surface area (Å²) in [6.45, 7) is 1.79. The van der Waals surface area contributed by atoms with Gasteiger partial charge in [0.25, 0.3) is 5.91 Å². The van der Waals surface area contributed by atoms with Gasteiger partial charge in [-0.05, 0) is 31.2 Å². The van der Waals surface area contributed by atoms with Gasteiger partial charge in [0, 0.05) is 17.1 Å². The van der Waals surface area contributed by atoms with E-state index in [1.807, 2.05) is 0 Å². The highest BCUT2D eigenvalue weighted by Crippen LogP contribution is 2.11. The number of carboxylic acid groups (broad SMARTS) is 1. The molecule has 0 fully saturated rings. The van der Waals surface area contributed by atoms with Crippen LogP contribution in [0.1, 0.15) is 17.3 Å². The van der Waals surface area contributed by atoms with Gasteiger partial charge in [-0.25, -0.2) is 0 Å². The Morgan fingerprint density at radius 3 is 2.31 bits per heavy atom. The minimum absolute atomic E-state index is 0.294. The van der Waals surface area contributed by atoms with Crippen LogP contribution in [0.5, 0.6) is 0 Å². The van der Waals surface area contributed by atoms with Crippen molar-refractivity contribution in [3.63, 3.8) is 0 Å². The smallest absolute Gasteiger partial charge is 0.323 e. The van der Waals surface area contributed by atoms with Crippen LogP contribution in [-0.2, 0) is 4.79 Å². The molecule has 1 aromatic carbocycles. The van der Waals surface area contributed by atoms with E-state index < -0.39 is 5.97 Å². The third kappa shape index (κ3) is 3.24. The van der Waals surface area contributed by atoms with E-state index in [1.165, 1.54) is 4.90 Å². The predicted octanol–water partition coefficient (Wildman–Crippen LogP) is 1.89. The minimum Gasteiger partial charge on any atom is -0.480 e. The molecular weight excluding hydrogens is 230 g/mol. The molecule has 1 aromatic rings. The van der Waals surface area contributed by atoms with E-state index in [0.29, 0.717) is 17.1 Å². The van der Waals surface area contributed by atoms with Crippen LogP contribution in [0.2, 0.25) is 5.02 Å². The molecule has 0 aliphatic rings. The van der Waals surface area contributed by atoms with Gasteiger partial charge in [-0.3, -0.25) is 9.59 Å². The van der Waals surface area contributed by atoms with Crippen molar-refractivity contribution in [2.24, 2.45) is 0 Å². The van der Waals surface area contributed by atoms with Gasteiger partial charge in [0.1, 0.15) is 6.54 Å². The van der Waals surface area contributed by atoms with Crippen molar-refractivity contribution >= 4 is 23.5 Å². The maximum atomic E-state index is 11.8. The van der Waals surface area contributed by atoms with E-state index in [-0.39, 0.29) is 12.5 Å². The highest BCUT2D eigenvalue weighted by molar-refractivity contribution is 6.30. The lowest BCUT2D eigenvalue weighted by Gasteiger charge is -2.18. The van der Waals surface area contributed by atoms with Crippen LogP contribution in [-0.4, -0.2) is 35.0 Å². The molecule has 0 bridgehead atoms. The molecule has 1 N–H and O–H groups in total. The van der Waals surface area contributed by atoms with E-state index in [1.54, 1.807) is 31.2 Å². The van der Waals surface area contributed by atoms with E-state index in [4.69, 9.17) is 16.7 Å². The second kappa shape index (κ2) is 5.51. The topological polar surface area (TPSA) is 57.6 Å². The molecule has 0 unspecified atom stereocenters. The monoisotopic (exact) mass is 241 g/mol. The molecule has 0 saturated carbocycles. The largest absolute Gasteiger partial charge is 0.480 e. The molecule has 0 heterocycles. The molecule has 1 amide bonds. The zero-order valence-electron chi connectivity index (χ0n) is 8.81. The second-order valence-electron chi connectivity index (χ2n) is 3.22. The van der Waals surface area contributed by atoms with Crippen molar-refractivity contribution in [2.45, 2.75) is 6.92 Å². The van der Waals surface area contributed by atoms with Crippen LogP contribution >= 0.6 is 11.6 Å². The summed E-state index contributed by atoms with van der Waals surface area (Å²) in [7, 11) is 0. The number of rotatable bonds is 4. The number of amides is 1. The Kier molecular flexibility index (Phi) is 4.31. The third-order valence-corrected chi connectivity index (χ3v) is 2.34. The number of hydrogen-bond donors (Lipinski definition) is 1. The summed E-state index contributed by atoms with van der Waals surface area (Å²) < 4.78 is 0. The normalized spacial score (nSPS) is 9.88. The first-order chi connectivity index (χ1) is 7.54. The van der Waals surface area contributed by atoms with E-state index in [0.717, 1.165) is 0 Å². The van der Waals surface area contributed by atoms with Crippen molar-refractivity contribution < 1.29 is 14.7 Å². The molecule has 1 rings (SSSR count). The van der Waals surface area contributed by atoms with Gasteiger partial charge in [0.05, 0.1) is 0 Å². The summed E-state index contributed by atoms with van der Waals surface area (Å²) in [5.74, 6) is -1.33. The lowest BCUT2D eigenvalue weighted by atomic mass is 10.2. The number of hydrogen-bond acceptors (Lipinski definition) is 2. The number of carbonyl (C=O) groups excluding carboxylic acids is 1. The fourth-order valence-corrected chi connectivity index (χ4v) is 1.39. The Bertz CT molecular complexity index is 389. The van der Waals surface area contributed by atoms with Crippen LogP contribution in [0.3, 0.4) is 0 Å². The SMILES string of the molecule is CCN(CC(=O)O)C(=O)c1ccc(Cl)cc1. The van der Waals surface area contributed by atoms with Crippen molar-refractivity contribution in [3.8, 4) is 0 Å². The average molecular weight is 242 g/mol. The number of likely N-dealkylation sites (N-methyl/N-ethyl adjacent to an activating group) is 1. The lowest BCUT2D eigenvalue weighted by Crippen LogP contribution is -2.35. The number of carboxylic acids is 1. The van der Waals surface area contributed by atoms with Gasteiger partial charge < -0.3 is 10.0 Å². The standard InChI is InChI=1S/C11H12ClNO3/c1-2-13(7-10(14)15)11(16)8-3-5-9(12)6-4-8/h3-6H,2,7H2,1H3,(H,14,15). The van der Waals surface area contributed by atoms with Crippen molar-refractivity contribution in [3.05, 3.63) is 34.9 Å². The van der Waals surface area contributed by atoms with E-state index in [9.17, 15) is 9.59 Å². The Labute approximate surface area is 98.4 Å².